The second-order valence-corrected chi connectivity index (χ2v) is 6.39. The molecule has 1 amide bonds. The molecular formula is C19H27NO. The van der Waals surface area contributed by atoms with Crippen molar-refractivity contribution in [3.8, 4) is 0 Å². The minimum absolute atomic E-state index is 0.133. The van der Waals surface area contributed by atoms with Gasteiger partial charge in [-0.15, -0.1) is 6.58 Å². The molecule has 0 aromatic carbocycles. The van der Waals surface area contributed by atoms with Crippen molar-refractivity contribution in [2.24, 2.45) is 23.7 Å². The van der Waals surface area contributed by atoms with E-state index in [2.05, 4.69) is 38.0 Å². The zero-order valence-electron chi connectivity index (χ0n) is 13.1. The molecule has 0 radical (unpaired) electrons. The van der Waals surface area contributed by atoms with E-state index >= 15 is 0 Å². The van der Waals surface area contributed by atoms with E-state index in [1.54, 1.807) is 0 Å². The normalized spacial score (nSPS) is 31.7. The van der Waals surface area contributed by atoms with Crippen molar-refractivity contribution in [1.29, 1.82) is 0 Å². The Kier molecular flexibility index (Phi) is 5.22. The van der Waals surface area contributed by atoms with E-state index in [1.807, 2.05) is 18.0 Å². The Morgan fingerprint density at radius 2 is 2.24 bits per heavy atom. The van der Waals surface area contributed by atoms with Crippen molar-refractivity contribution < 1.29 is 4.79 Å². The molecule has 2 nitrogen and oxygen atoms in total. The monoisotopic (exact) mass is 285 g/mol. The van der Waals surface area contributed by atoms with Crippen LogP contribution >= 0.6 is 0 Å². The van der Waals surface area contributed by atoms with E-state index in [1.165, 1.54) is 0 Å². The topological polar surface area (TPSA) is 20.3 Å². The largest absolute Gasteiger partial charge is 0.342 e. The Labute approximate surface area is 128 Å². The van der Waals surface area contributed by atoms with E-state index in [0.29, 0.717) is 23.7 Å². The van der Waals surface area contributed by atoms with Gasteiger partial charge in [-0.05, 0) is 43.4 Å². The third-order valence-electron chi connectivity index (χ3n) is 5.07. The maximum atomic E-state index is 12.7. The van der Waals surface area contributed by atoms with Gasteiger partial charge in [0.1, 0.15) is 0 Å². The minimum Gasteiger partial charge on any atom is -0.342 e. The van der Waals surface area contributed by atoms with E-state index in [-0.39, 0.29) is 5.92 Å². The number of allylic oxidation sites excluding steroid dienone is 4. The predicted octanol–water partition coefficient (Wildman–Crippen LogP) is 3.98. The minimum atomic E-state index is 0.133. The number of likely N-dealkylation sites (N-methyl/N-ethyl adjacent to an activating group) is 1. The lowest BCUT2D eigenvalue weighted by Gasteiger charge is -2.27. The fourth-order valence-corrected chi connectivity index (χ4v) is 3.85. The Hall–Kier alpha value is -1.57. The molecule has 0 aromatic rings. The molecule has 1 fully saturated rings. The zero-order chi connectivity index (χ0) is 15.4. The van der Waals surface area contributed by atoms with Crippen molar-refractivity contribution in [3.05, 3.63) is 49.6 Å². The van der Waals surface area contributed by atoms with Crippen LogP contribution < -0.4 is 0 Å². The molecule has 0 spiro atoms. The van der Waals surface area contributed by atoms with Crippen LogP contribution in [0, 0.1) is 23.7 Å². The molecule has 0 N–H and O–H groups in total. The van der Waals surface area contributed by atoms with E-state index in [4.69, 9.17) is 0 Å². The molecule has 0 bridgehead atoms. The summed E-state index contributed by atoms with van der Waals surface area (Å²) in [6.45, 7) is 12.5. The number of rotatable bonds is 6. The van der Waals surface area contributed by atoms with Crippen LogP contribution in [0.2, 0.25) is 0 Å². The smallest absolute Gasteiger partial charge is 0.226 e. The molecule has 2 aliphatic rings. The van der Waals surface area contributed by atoms with Crippen LogP contribution in [-0.4, -0.2) is 24.4 Å². The lowest BCUT2D eigenvalue weighted by Crippen LogP contribution is -2.36. The molecule has 2 heteroatoms. The van der Waals surface area contributed by atoms with Crippen molar-refractivity contribution in [3.63, 3.8) is 0 Å². The molecule has 1 aliphatic carbocycles. The van der Waals surface area contributed by atoms with Gasteiger partial charge in [-0.3, -0.25) is 4.79 Å². The number of carbonyl (C=O) groups excluding carboxylic acids is 1. The Morgan fingerprint density at radius 3 is 2.90 bits per heavy atom. The summed E-state index contributed by atoms with van der Waals surface area (Å²) in [6, 6.07) is 0. The maximum absolute atomic E-state index is 12.7. The molecule has 0 saturated heterocycles. The average Bonchev–Trinajstić information content (AvgIpc) is 2.76. The van der Waals surface area contributed by atoms with Crippen LogP contribution in [0.25, 0.3) is 0 Å². The van der Waals surface area contributed by atoms with Crippen LogP contribution in [-0.2, 0) is 4.79 Å². The van der Waals surface area contributed by atoms with Gasteiger partial charge in [0, 0.05) is 19.5 Å². The second kappa shape index (κ2) is 6.93. The van der Waals surface area contributed by atoms with Crippen LogP contribution in [0.5, 0.6) is 0 Å². The Bertz CT molecular complexity index is 462. The summed E-state index contributed by atoms with van der Waals surface area (Å²) >= 11 is 0. The quantitative estimate of drug-likeness (QED) is 0.534. The van der Waals surface area contributed by atoms with Gasteiger partial charge in [0.05, 0.1) is 0 Å². The van der Waals surface area contributed by atoms with E-state index in [9.17, 15) is 4.79 Å². The molecule has 2 rings (SSSR count). The van der Waals surface area contributed by atoms with Crippen LogP contribution in [0.3, 0.4) is 0 Å². The van der Waals surface area contributed by atoms with Gasteiger partial charge in [0.15, 0.2) is 0 Å². The first-order valence-corrected chi connectivity index (χ1v) is 7.93. The third kappa shape index (κ3) is 3.37. The second-order valence-electron chi connectivity index (χ2n) is 6.39. The summed E-state index contributed by atoms with van der Waals surface area (Å²) in [5.74, 6) is 1.70. The highest BCUT2D eigenvalue weighted by Gasteiger charge is 2.45. The lowest BCUT2D eigenvalue weighted by atomic mass is 9.82. The third-order valence-corrected chi connectivity index (χ3v) is 5.07. The average molecular weight is 285 g/mol. The zero-order valence-corrected chi connectivity index (χ0v) is 13.1. The molecule has 1 aliphatic heterocycles. The number of nitrogens with zero attached hydrogens (tertiary/aromatic N) is 1. The molecule has 21 heavy (non-hydrogen) atoms. The van der Waals surface area contributed by atoms with E-state index < -0.39 is 0 Å². The van der Waals surface area contributed by atoms with E-state index in [0.717, 1.165) is 37.8 Å². The standard InChI is InChI=1S/C19H27NO/c1-5-14(3)9-7-11-17-15(6-2)13-16-10-8-12-20(4)19(21)18(16)17/h5-6,8,10,15-18H,1-3,7,9,11-13H2,4H3/t15-,16+,17-,18+/m0/s1. The van der Waals surface area contributed by atoms with Gasteiger partial charge >= 0.3 is 0 Å². The highest BCUT2D eigenvalue weighted by Crippen LogP contribution is 2.47. The Balaban J connectivity index is 2.10. The highest BCUT2D eigenvalue weighted by atomic mass is 16.2. The molecular weight excluding hydrogens is 258 g/mol. The van der Waals surface area contributed by atoms with Crippen LogP contribution in [0.1, 0.15) is 25.7 Å². The van der Waals surface area contributed by atoms with Gasteiger partial charge in [0.25, 0.3) is 0 Å². The number of carbonyl (C=O) groups is 1. The van der Waals surface area contributed by atoms with Crippen molar-refractivity contribution in [2.75, 3.05) is 13.6 Å². The summed E-state index contributed by atoms with van der Waals surface area (Å²) in [5.41, 5.74) is 1.09. The number of hydrogen-bond donors (Lipinski definition) is 0. The fraction of sp³-hybridized carbons (Fsp3) is 0.526. The summed E-state index contributed by atoms with van der Waals surface area (Å²) in [6.07, 6.45) is 12.5. The fourth-order valence-electron chi connectivity index (χ4n) is 3.85. The molecule has 114 valence electrons. The van der Waals surface area contributed by atoms with Gasteiger partial charge in [-0.25, -0.2) is 0 Å². The van der Waals surface area contributed by atoms with Crippen LogP contribution in [0.4, 0.5) is 0 Å². The summed E-state index contributed by atoms with van der Waals surface area (Å²) in [5, 5.41) is 0. The van der Waals surface area contributed by atoms with Crippen molar-refractivity contribution in [1.82, 2.24) is 4.90 Å². The van der Waals surface area contributed by atoms with Crippen LogP contribution in [0.15, 0.2) is 49.6 Å². The first-order valence-electron chi connectivity index (χ1n) is 7.93. The van der Waals surface area contributed by atoms with Crippen molar-refractivity contribution >= 4 is 5.91 Å². The molecule has 1 saturated carbocycles. The SMILES string of the molecule is C=CC(=C)CCC[C@@H]1[C@@H]2C(=O)N(C)CC=C[C@@H]2C[C@@H]1C=C. The lowest BCUT2D eigenvalue weighted by molar-refractivity contribution is -0.135. The number of hydrogen-bond acceptors (Lipinski definition) is 1. The summed E-state index contributed by atoms with van der Waals surface area (Å²) in [4.78, 5) is 14.5. The molecule has 0 aromatic heterocycles. The highest BCUT2D eigenvalue weighted by molar-refractivity contribution is 5.80. The van der Waals surface area contributed by atoms with Gasteiger partial charge in [-0.1, -0.05) is 43.0 Å². The van der Waals surface area contributed by atoms with Crippen molar-refractivity contribution in [2.45, 2.75) is 25.7 Å². The van der Waals surface area contributed by atoms with Gasteiger partial charge in [0.2, 0.25) is 5.91 Å². The number of fused-ring (bicyclic) bond motifs is 1. The molecule has 1 heterocycles. The maximum Gasteiger partial charge on any atom is 0.226 e. The predicted molar refractivity (Wildman–Crippen MR) is 88.7 cm³/mol. The summed E-state index contributed by atoms with van der Waals surface area (Å²) < 4.78 is 0. The van der Waals surface area contributed by atoms with Gasteiger partial charge in [-0.2, -0.15) is 0 Å². The first kappa shape index (κ1) is 15.8. The first-order chi connectivity index (χ1) is 10.1. The number of amides is 1. The van der Waals surface area contributed by atoms with Gasteiger partial charge < -0.3 is 4.90 Å². The molecule has 4 atom stereocenters. The summed E-state index contributed by atoms with van der Waals surface area (Å²) in [7, 11) is 1.91. The molecule has 0 unspecified atom stereocenters. The Morgan fingerprint density at radius 1 is 1.48 bits per heavy atom.